The van der Waals surface area contributed by atoms with Gasteiger partial charge in [0.15, 0.2) is 15.5 Å². The van der Waals surface area contributed by atoms with E-state index in [0.717, 1.165) is 6.26 Å². The lowest BCUT2D eigenvalue weighted by molar-refractivity contribution is 0.0269. The number of nitrogens with zero attached hydrogens (tertiary/aromatic N) is 4. The first-order chi connectivity index (χ1) is 23.8. The Morgan fingerprint density at radius 2 is 1.34 bits per heavy atom. The summed E-state index contributed by atoms with van der Waals surface area (Å²) in [5.41, 5.74) is 1.07. The Labute approximate surface area is 290 Å². The van der Waals surface area contributed by atoms with Gasteiger partial charge in [-0.2, -0.15) is 17.9 Å². The second-order valence-corrected chi connectivity index (χ2v) is 18.7. The first kappa shape index (κ1) is 34.6. The van der Waals surface area contributed by atoms with Crippen molar-refractivity contribution < 1.29 is 39.2 Å². The molecule has 12 nitrogen and oxygen atoms in total. The van der Waals surface area contributed by atoms with Crippen LogP contribution in [0.4, 0.5) is 14.9 Å². The second kappa shape index (κ2) is 12.8. The molecule has 3 aliphatic heterocycles. The van der Waals surface area contributed by atoms with Crippen LogP contribution in [-0.2, 0) is 41.2 Å². The Kier molecular flexibility index (Phi) is 8.84. The van der Waals surface area contributed by atoms with Gasteiger partial charge >= 0.3 is 6.09 Å². The highest BCUT2D eigenvalue weighted by atomic mass is 32.2. The van der Waals surface area contributed by atoms with Gasteiger partial charge in [-0.1, -0.05) is 24.3 Å². The highest BCUT2D eigenvalue weighted by Crippen LogP contribution is 2.45. The first-order valence-corrected chi connectivity index (χ1v) is 21.0. The normalized spacial score (nSPS) is 21.9. The standard InChI is InChI=1S/C34H36FN4O8S3/c1-48(41,42)32-6-2-3-7-33(32)50(45,46)38-19-14-28(15-20-38)39(30-10-9-26(35)21-25(30)23-47-34(39)40)27-12-17-37(18-13-27)49(43,44)31-8-4-5-24-22-36-16-11-29(24)31/h2-11,16,21-22,27-28H,12-15,17-20,23H2,1H3/q+1. The van der Waals surface area contributed by atoms with Gasteiger partial charge in [-0.15, -0.1) is 0 Å². The van der Waals surface area contributed by atoms with Gasteiger partial charge < -0.3 is 4.74 Å². The molecular formula is C34H36FN4O8S3+. The number of rotatable bonds is 7. The fraction of sp³-hybridized carbons (Fsp3) is 0.353. The fourth-order valence-corrected chi connectivity index (χ4v) is 12.7. The fourth-order valence-electron chi connectivity index (χ4n) is 7.91. The van der Waals surface area contributed by atoms with Crippen molar-refractivity contribution in [3.05, 3.63) is 90.5 Å². The molecule has 4 aromatic rings. The van der Waals surface area contributed by atoms with Crippen LogP contribution < -0.4 is 4.48 Å². The molecule has 16 heteroatoms. The molecule has 0 radical (unpaired) electrons. The van der Waals surface area contributed by atoms with E-state index in [9.17, 15) is 34.4 Å². The van der Waals surface area contributed by atoms with Gasteiger partial charge in [0.25, 0.3) is 0 Å². The van der Waals surface area contributed by atoms with Crippen LogP contribution in [0.25, 0.3) is 10.8 Å². The molecule has 50 heavy (non-hydrogen) atoms. The molecule has 3 aromatic carbocycles. The van der Waals surface area contributed by atoms with E-state index < -0.39 is 53.9 Å². The Hall–Kier alpha value is -3.80. The molecule has 3 aliphatic rings. The van der Waals surface area contributed by atoms with Crippen LogP contribution in [0.1, 0.15) is 31.2 Å². The van der Waals surface area contributed by atoms with Crippen LogP contribution in [0.5, 0.6) is 0 Å². The van der Waals surface area contributed by atoms with Crippen molar-refractivity contribution in [3.8, 4) is 0 Å². The molecule has 4 heterocycles. The number of ether oxygens (including phenoxy) is 1. The monoisotopic (exact) mass is 743 g/mol. The van der Waals surface area contributed by atoms with Gasteiger partial charge in [-0.3, -0.25) is 4.98 Å². The van der Waals surface area contributed by atoms with Crippen LogP contribution in [0, 0.1) is 5.82 Å². The lowest BCUT2D eigenvalue weighted by Gasteiger charge is -2.51. The Bertz CT molecular complexity index is 2320. The van der Waals surface area contributed by atoms with Crippen molar-refractivity contribution in [1.82, 2.24) is 18.1 Å². The van der Waals surface area contributed by atoms with E-state index >= 15 is 0 Å². The number of benzene rings is 3. The molecule has 7 rings (SSSR count). The van der Waals surface area contributed by atoms with E-state index in [1.54, 1.807) is 42.7 Å². The average Bonchev–Trinajstić information content (AvgIpc) is 3.11. The highest BCUT2D eigenvalue weighted by molar-refractivity contribution is 7.93. The van der Waals surface area contributed by atoms with Crippen molar-refractivity contribution in [2.75, 3.05) is 32.4 Å². The molecule has 1 unspecified atom stereocenters. The zero-order valence-electron chi connectivity index (χ0n) is 27.2. The summed E-state index contributed by atoms with van der Waals surface area (Å²) in [4.78, 5) is 17.9. The van der Waals surface area contributed by atoms with Crippen LogP contribution >= 0.6 is 0 Å². The number of hydrogen-bond donors (Lipinski definition) is 0. The van der Waals surface area contributed by atoms with Crippen molar-refractivity contribution in [2.24, 2.45) is 0 Å². The Morgan fingerprint density at radius 3 is 1.96 bits per heavy atom. The number of sulfone groups is 1. The van der Waals surface area contributed by atoms with Crippen LogP contribution in [0.2, 0.25) is 0 Å². The number of sulfonamides is 2. The van der Waals surface area contributed by atoms with Crippen LogP contribution in [-0.4, -0.2) is 89.5 Å². The molecule has 264 valence electrons. The number of amides is 1. The number of cyclic esters (lactones) is 1. The number of fused-ring (bicyclic) bond motifs is 2. The largest absolute Gasteiger partial charge is 0.522 e. The minimum atomic E-state index is -4.22. The smallest absolute Gasteiger partial charge is 0.415 e. The number of carbonyl (C=O) groups excluding carboxylic acids is 1. The van der Waals surface area contributed by atoms with Gasteiger partial charge in [0, 0.05) is 87.4 Å². The lowest BCUT2D eigenvalue weighted by Crippen LogP contribution is -2.71. The van der Waals surface area contributed by atoms with Gasteiger partial charge in [0.1, 0.15) is 29.4 Å². The predicted octanol–water partition coefficient (Wildman–Crippen LogP) is 4.44. The summed E-state index contributed by atoms with van der Waals surface area (Å²) in [6.45, 7) is 0.113. The summed E-state index contributed by atoms with van der Waals surface area (Å²) in [5.74, 6) is -0.489. The van der Waals surface area contributed by atoms with E-state index in [1.165, 1.54) is 45.0 Å². The summed E-state index contributed by atoms with van der Waals surface area (Å²) < 4.78 is 103. The number of quaternary nitrogens is 1. The quantitative estimate of drug-likeness (QED) is 0.251. The number of pyridine rings is 1. The van der Waals surface area contributed by atoms with Gasteiger partial charge in [-0.25, -0.2) is 29.6 Å². The van der Waals surface area contributed by atoms with Crippen LogP contribution in [0.15, 0.2) is 93.8 Å². The lowest BCUT2D eigenvalue weighted by atomic mass is 9.90. The Balaban J connectivity index is 1.20. The third-order valence-corrected chi connectivity index (χ3v) is 15.4. The SMILES string of the molecule is CS(=O)(=O)c1ccccc1S(=O)(=O)N1CCC([N+]2(C3CCN(S(=O)(=O)c4cccc5cnccc45)CC3)C(=O)OCc3cc(F)ccc32)CC1. The van der Waals surface area contributed by atoms with Gasteiger partial charge in [-0.05, 0) is 36.4 Å². The van der Waals surface area contributed by atoms with E-state index in [0.29, 0.717) is 22.0 Å². The van der Waals surface area contributed by atoms with Gasteiger partial charge in [0.2, 0.25) is 20.0 Å². The average molecular weight is 744 g/mol. The summed E-state index contributed by atoms with van der Waals surface area (Å²) in [6.07, 6.45) is 4.58. The van der Waals surface area contributed by atoms with Crippen molar-refractivity contribution >= 4 is 52.4 Å². The van der Waals surface area contributed by atoms with E-state index in [-0.39, 0.29) is 77.6 Å². The third-order valence-electron chi connectivity index (χ3n) is 10.2. The molecular weight excluding hydrogens is 708 g/mol. The van der Waals surface area contributed by atoms with E-state index in [4.69, 9.17) is 4.74 Å². The molecule has 0 spiro atoms. The first-order valence-electron chi connectivity index (χ1n) is 16.2. The van der Waals surface area contributed by atoms with E-state index in [2.05, 4.69) is 4.98 Å². The summed E-state index contributed by atoms with van der Waals surface area (Å²) in [5, 5.41) is 1.26. The molecule has 1 atom stereocenters. The molecule has 2 saturated heterocycles. The summed E-state index contributed by atoms with van der Waals surface area (Å²) in [6, 6.07) is 15.5. The molecule has 0 bridgehead atoms. The maximum atomic E-state index is 14.5. The number of piperidine rings is 2. The zero-order valence-corrected chi connectivity index (χ0v) is 29.6. The number of aromatic nitrogens is 1. The third kappa shape index (κ3) is 5.71. The Morgan fingerprint density at radius 1 is 0.760 bits per heavy atom. The van der Waals surface area contributed by atoms with Gasteiger partial charge in [0.05, 0.1) is 15.4 Å². The number of halogens is 1. The molecule has 2 fully saturated rings. The number of hydrogen-bond acceptors (Lipinski definition) is 9. The van der Waals surface area contributed by atoms with Crippen molar-refractivity contribution in [2.45, 2.75) is 59.1 Å². The number of carbonyl (C=O) groups is 1. The molecule has 1 aromatic heterocycles. The zero-order chi connectivity index (χ0) is 35.5. The molecule has 1 amide bonds. The van der Waals surface area contributed by atoms with Crippen LogP contribution in [0.3, 0.4) is 0 Å². The molecule has 0 aliphatic carbocycles. The minimum absolute atomic E-state index is 0.00192. The summed E-state index contributed by atoms with van der Waals surface area (Å²) in [7, 11) is -12.0. The topological polar surface area (TPSA) is 148 Å². The predicted molar refractivity (Wildman–Crippen MR) is 183 cm³/mol. The van der Waals surface area contributed by atoms with Crippen molar-refractivity contribution in [1.29, 1.82) is 0 Å². The highest BCUT2D eigenvalue weighted by Gasteiger charge is 2.58. The summed E-state index contributed by atoms with van der Waals surface area (Å²) >= 11 is 0. The van der Waals surface area contributed by atoms with E-state index in [1.807, 2.05) is 0 Å². The minimum Gasteiger partial charge on any atom is -0.415 e. The maximum absolute atomic E-state index is 14.5. The molecule has 0 N–H and O–H groups in total. The molecule has 0 saturated carbocycles. The van der Waals surface area contributed by atoms with Crippen molar-refractivity contribution in [3.63, 3.8) is 0 Å². The maximum Gasteiger partial charge on any atom is 0.522 e. The second-order valence-electron chi connectivity index (χ2n) is 12.9.